The molecule has 0 fully saturated rings. The first kappa shape index (κ1) is 12.7. The molecule has 1 amide bonds. The average molecular weight is 250 g/mol. The van der Waals surface area contributed by atoms with Crippen LogP contribution in [0.4, 0.5) is 14.5 Å². The molecule has 0 saturated carbocycles. The van der Waals surface area contributed by atoms with E-state index in [1.165, 1.54) is 12.1 Å². The van der Waals surface area contributed by atoms with Gasteiger partial charge in [-0.2, -0.15) is 0 Å². The Labute approximate surface area is 96.4 Å². The zero-order chi connectivity index (χ0) is 12.0. The first-order chi connectivity index (χ1) is 7.61. The summed E-state index contributed by atoms with van der Waals surface area (Å²) in [4.78, 5) is 11.0. The van der Waals surface area contributed by atoms with E-state index in [1.54, 1.807) is 12.1 Å². The molecule has 88 valence electrons. The minimum absolute atomic E-state index is 0.165. The van der Waals surface area contributed by atoms with Crippen molar-refractivity contribution in [2.24, 2.45) is 0 Å². The maximum atomic E-state index is 11.9. The van der Waals surface area contributed by atoms with Gasteiger partial charge in [-0.05, 0) is 12.1 Å². The summed E-state index contributed by atoms with van der Waals surface area (Å²) in [5.41, 5.74) is 0.456. The second-order valence-electron chi connectivity index (χ2n) is 2.91. The number of hydrogen-bond donors (Lipinski definition) is 1. The number of rotatable bonds is 5. The number of amides is 1. The van der Waals surface area contributed by atoms with Crippen LogP contribution in [0.2, 0.25) is 0 Å². The highest BCUT2D eigenvalue weighted by molar-refractivity contribution is 6.29. The number of hydrogen-bond acceptors (Lipinski definition) is 2. The van der Waals surface area contributed by atoms with Crippen molar-refractivity contribution in [2.45, 2.75) is 6.43 Å². The first-order valence-corrected chi connectivity index (χ1v) is 5.02. The van der Waals surface area contributed by atoms with Gasteiger partial charge in [0.1, 0.15) is 18.2 Å². The number of benzene rings is 1. The van der Waals surface area contributed by atoms with Gasteiger partial charge in [-0.3, -0.25) is 4.79 Å². The highest BCUT2D eigenvalue weighted by Gasteiger charge is 2.05. The number of halogens is 3. The summed E-state index contributed by atoms with van der Waals surface area (Å²) in [5, 5.41) is 2.48. The van der Waals surface area contributed by atoms with Gasteiger partial charge in [-0.1, -0.05) is 6.07 Å². The Kier molecular flexibility index (Phi) is 4.98. The standard InChI is InChI=1S/C10H10ClF2NO2/c11-5-10(15)14-7-2-1-3-8(4-7)16-6-9(12)13/h1-4,9H,5-6H2,(H,14,15). The average Bonchev–Trinajstić information content (AvgIpc) is 2.26. The molecular formula is C10H10ClF2NO2. The van der Waals surface area contributed by atoms with Crippen LogP contribution in [0.5, 0.6) is 5.75 Å². The Balaban J connectivity index is 2.60. The third-order valence-corrected chi connectivity index (χ3v) is 1.86. The predicted octanol–water partition coefficient (Wildman–Crippen LogP) is 2.51. The zero-order valence-corrected chi connectivity index (χ0v) is 9.01. The summed E-state index contributed by atoms with van der Waals surface area (Å²) < 4.78 is 28.5. The quantitative estimate of drug-likeness (QED) is 0.815. The molecule has 1 aromatic carbocycles. The molecule has 6 heteroatoms. The van der Waals surface area contributed by atoms with Crippen molar-refractivity contribution in [2.75, 3.05) is 17.8 Å². The molecule has 1 rings (SSSR count). The molecule has 0 heterocycles. The SMILES string of the molecule is O=C(CCl)Nc1cccc(OCC(F)F)c1. The minimum Gasteiger partial charge on any atom is -0.488 e. The molecule has 3 nitrogen and oxygen atoms in total. The molecule has 16 heavy (non-hydrogen) atoms. The van der Waals surface area contributed by atoms with E-state index in [4.69, 9.17) is 16.3 Å². The molecule has 0 aliphatic heterocycles. The number of carbonyl (C=O) groups excluding carboxylic acids is 1. The van der Waals surface area contributed by atoms with Crippen molar-refractivity contribution in [3.63, 3.8) is 0 Å². The Morgan fingerprint density at radius 2 is 2.25 bits per heavy atom. The summed E-state index contributed by atoms with van der Waals surface area (Å²) in [6.07, 6.45) is -2.53. The van der Waals surface area contributed by atoms with E-state index in [1.807, 2.05) is 0 Å². The van der Waals surface area contributed by atoms with Gasteiger partial charge in [0.2, 0.25) is 5.91 Å². The van der Waals surface area contributed by atoms with Crippen LogP contribution in [0.1, 0.15) is 0 Å². The monoisotopic (exact) mass is 249 g/mol. The molecule has 0 radical (unpaired) electrons. The molecule has 0 saturated heterocycles. The van der Waals surface area contributed by atoms with Crippen LogP contribution < -0.4 is 10.1 Å². The lowest BCUT2D eigenvalue weighted by Crippen LogP contribution is -2.12. The fourth-order valence-electron chi connectivity index (χ4n) is 1.02. The van der Waals surface area contributed by atoms with Crippen molar-refractivity contribution >= 4 is 23.2 Å². The van der Waals surface area contributed by atoms with Gasteiger partial charge in [0, 0.05) is 11.8 Å². The third kappa shape index (κ3) is 4.44. The summed E-state index contributed by atoms with van der Waals surface area (Å²) in [6.45, 7) is -0.674. The summed E-state index contributed by atoms with van der Waals surface area (Å²) >= 11 is 5.30. The molecule has 0 aliphatic carbocycles. The van der Waals surface area contributed by atoms with E-state index in [2.05, 4.69) is 5.32 Å². The van der Waals surface area contributed by atoms with Crippen LogP contribution in [0, 0.1) is 0 Å². The van der Waals surface area contributed by atoms with Crippen molar-refractivity contribution in [3.8, 4) is 5.75 Å². The van der Waals surface area contributed by atoms with Gasteiger partial charge in [0.05, 0.1) is 0 Å². The van der Waals surface area contributed by atoms with Crippen molar-refractivity contribution in [3.05, 3.63) is 24.3 Å². The van der Waals surface area contributed by atoms with Crippen LogP contribution in [-0.2, 0) is 4.79 Å². The van der Waals surface area contributed by atoms with Crippen LogP contribution >= 0.6 is 11.6 Å². The minimum atomic E-state index is -2.53. The van der Waals surface area contributed by atoms with Crippen molar-refractivity contribution in [1.29, 1.82) is 0 Å². The Bertz CT molecular complexity index is 360. The van der Waals surface area contributed by atoms with Crippen LogP contribution in [0.3, 0.4) is 0 Å². The van der Waals surface area contributed by atoms with Gasteiger partial charge in [0.15, 0.2) is 0 Å². The zero-order valence-electron chi connectivity index (χ0n) is 8.25. The van der Waals surface area contributed by atoms with Crippen molar-refractivity contribution in [1.82, 2.24) is 0 Å². The smallest absolute Gasteiger partial charge is 0.272 e. The van der Waals surface area contributed by atoms with Crippen LogP contribution in [0.25, 0.3) is 0 Å². The fraction of sp³-hybridized carbons (Fsp3) is 0.300. The first-order valence-electron chi connectivity index (χ1n) is 4.48. The number of nitrogens with one attached hydrogen (secondary N) is 1. The summed E-state index contributed by atoms with van der Waals surface area (Å²) in [6, 6.07) is 6.18. The number of carbonyl (C=O) groups is 1. The topological polar surface area (TPSA) is 38.3 Å². The van der Waals surface area contributed by atoms with Gasteiger partial charge in [0.25, 0.3) is 6.43 Å². The number of anilines is 1. The highest BCUT2D eigenvalue weighted by Crippen LogP contribution is 2.17. The van der Waals surface area contributed by atoms with Gasteiger partial charge < -0.3 is 10.1 Å². The Hall–Kier alpha value is -1.36. The second kappa shape index (κ2) is 6.27. The molecule has 1 aromatic rings. The molecule has 0 unspecified atom stereocenters. The molecular weight excluding hydrogens is 240 g/mol. The Morgan fingerprint density at radius 3 is 2.88 bits per heavy atom. The van der Waals surface area contributed by atoms with E-state index in [9.17, 15) is 13.6 Å². The molecule has 0 aliphatic rings. The highest BCUT2D eigenvalue weighted by atomic mass is 35.5. The van der Waals surface area contributed by atoms with E-state index in [-0.39, 0.29) is 17.5 Å². The molecule has 1 N–H and O–H groups in total. The lowest BCUT2D eigenvalue weighted by atomic mass is 10.3. The predicted molar refractivity (Wildman–Crippen MR) is 57.3 cm³/mol. The molecule has 0 bridgehead atoms. The molecule has 0 spiro atoms. The molecule has 0 atom stereocenters. The normalized spacial score (nSPS) is 10.2. The number of ether oxygens (including phenoxy) is 1. The maximum Gasteiger partial charge on any atom is 0.272 e. The van der Waals surface area contributed by atoms with Crippen molar-refractivity contribution < 1.29 is 18.3 Å². The van der Waals surface area contributed by atoms with E-state index >= 15 is 0 Å². The van der Waals surface area contributed by atoms with Gasteiger partial charge in [-0.15, -0.1) is 11.6 Å². The van der Waals surface area contributed by atoms with Crippen LogP contribution in [-0.4, -0.2) is 24.8 Å². The molecule has 0 aromatic heterocycles. The third-order valence-electron chi connectivity index (χ3n) is 1.62. The number of alkyl halides is 3. The van der Waals surface area contributed by atoms with Gasteiger partial charge in [-0.25, -0.2) is 8.78 Å². The van der Waals surface area contributed by atoms with Crippen LogP contribution in [0.15, 0.2) is 24.3 Å². The lowest BCUT2D eigenvalue weighted by Gasteiger charge is -2.07. The summed E-state index contributed by atoms with van der Waals surface area (Å²) in [7, 11) is 0. The lowest BCUT2D eigenvalue weighted by molar-refractivity contribution is -0.113. The van der Waals surface area contributed by atoms with E-state index in [0.29, 0.717) is 5.69 Å². The largest absolute Gasteiger partial charge is 0.488 e. The second-order valence-corrected chi connectivity index (χ2v) is 3.18. The maximum absolute atomic E-state index is 11.9. The Morgan fingerprint density at radius 1 is 1.50 bits per heavy atom. The van der Waals surface area contributed by atoms with Gasteiger partial charge >= 0.3 is 0 Å². The summed E-state index contributed by atoms with van der Waals surface area (Å²) in [5.74, 6) is -0.261. The fourth-order valence-corrected chi connectivity index (χ4v) is 1.08. The van der Waals surface area contributed by atoms with E-state index in [0.717, 1.165) is 0 Å². The van der Waals surface area contributed by atoms with E-state index < -0.39 is 13.0 Å².